The van der Waals surface area contributed by atoms with E-state index in [4.69, 9.17) is 23.7 Å². The zero-order chi connectivity index (χ0) is 21.0. The molecule has 7 nitrogen and oxygen atoms in total. The number of Topliss-reactive ketones (excluding diaryl/α,β-unsaturated/α-hetero) is 1. The second-order valence-electron chi connectivity index (χ2n) is 7.43. The van der Waals surface area contributed by atoms with Gasteiger partial charge in [-0.05, 0) is 18.1 Å². The van der Waals surface area contributed by atoms with E-state index in [0.717, 1.165) is 17.7 Å². The van der Waals surface area contributed by atoms with Gasteiger partial charge in [0.05, 0.1) is 38.9 Å². The molecule has 0 amide bonds. The number of carbonyl (C=O) groups is 2. The van der Waals surface area contributed by atoms with Crippen LogP contribution in [0.25, 0.3) is 0 Å². The van der Waals surface area contributed by atoms with Crippen LogP contribution in [0.3, 0.4) is 0 Å². The average Bonchev–Trinajstić information content (AvgIpc) is 3.12. The molecule has 1 unspecified atom stereocenters. The van der Waals surface area contributed by atoms with Gasteiger partial charge in [-0.15, -0.1) is 0 Å². The molecule has 1 spiro atoms. The predicted molar refractivity (Wildman–Crippen MR) is 106 cm³/mol. The van der Waals surface area contributed by atoms with Crippen LogP contribution >= 0.6 is 0 Å². The largest absolute Gasteiger partial charge is 0.496 e. The normalized spacial score (nSPS) is 21.1. The van der Waals surface area contributed by atoms with Crippen molar-refractivity contribution in [2.75, 3.05) is 21.3 Å². The van der Waals surface area contributed by atoms with Gasteiger partial charge in [0.25, 0.3) is 5.79 Å². The molecule has 0 radical (unpaired) electrons. The van der Waals surface area contributed by atoms with Crippen molar-refractivity contribution in [2.45, 2.75) is 25.0 Å². The van der Waals surface area contributed by atoms with Crippen LogP contribution in [0.15, 0.2) is 36.1 Å². The molecule has 0 bridgehead atoms. The van der Waals surface area contributed by atoms with Gasteiger partial charge in [0, 0.05) is 18.1 Å². The highest BCUT2D eigenvalue weighted by atomic mass is 16.7. The lowest BCUT2D eigenvalue weighted by molar-refractivity contribution is -0.111. The maximum Gasteiger partial charge on any atom is 0.256 e. The standard InChI is InChI=1S/C23H20O7/c1-26-16-10-14(24)17-18(19(16)25)22(28-3)21-13(20(17)27-2)11-23(30-21)9-8-12-6-4-5-7-15(12)29-23/h4-7,10H,8-9,11H2,1-3H3. The Morgan fingerprint density at radius 1 is 0.933 bits per heavy atom. The van der Waals surface area contributed by atoms with E-state index in [9.17, 15) is 9.59 Å². The van der Waals surface area contributed by atoms with Gasteiger partial charge in [-0.1, -0.05) is 18.2 Å². The van der Waals surface area contributed by atoms with Crippen LogP contribution < -0.4 is 18.9 Å². The molecule has 0 aromatic heterocycles. The van der Waals surface area contributed by atoms with E-state index in [1.54, 1.807) is 0 Å². The Morgan fingerprint density at radius 3 is 2.43 bits per heavy atom. The lowest BCUT2D eigenvalue weighted by Crippen LogP contribution is -2.44. The lowest BCUT2D eigenvalue weighted by Gasteiger charge is -2.34. The van der Waals surface area contributed by atoms with Gasteiger partial charge < -0.3 is 23.7 Å². The van der Waals surface area contributed by atoms with Crippen LogP contribution in [0.5, 0.6) is 23.0 Å². The highest BCUT2D eigenvalue weighted by Crippen LogP contribution is 2.54. The fourth-order valence-electron chi connectivity index (χ4n) is 4.48. The van der Waals surface area contributed by atoms with Crippen molar-refractivity contribution in [3.05, 3.63) is 58.4 Å². The monoisotopic (exact) mass is 408 g/mol. The van der Waals surface area contributed by atoms with Crippen LogP contribution in [0.4, 0.5) is 0 Å². The SMILES string of the molecule is COC1=CC(=O)c2c(OC)c3c(c(OC)c2C1=O)OC1(CCc2ccccc2O1)C3. The topological polar surface area (TPSA) is 80.3 Å². The predicted octanol–water partition coefficient (Wildman–Crippen LogP) is 3.27. The summed E-state index contributed by atoms with van der Waals surface area (Å²) in [5.74, 6) is -0.208. The van der Waals surface area contributed by atoms with E-state index in [0.29, 0.717) is 29.9 Å². The first-order chi connectivity index (χ1) is 14.5. The smallest absolute Gasteiger partial charge is 0.256 e. The van der Waals surface area contributed by atoms with E-state index in [2.05, 4.69) is 0 Å². The summed E-state index contributed by atoms with van der Waals surface area (Å²) in [5, 5.41) is 0. The van der Waals surface area contributed by atoms with Crippen molar-refractivity contribution < 1.29 is 33.3 Å². The number of ketones is 2. The van der Waals surface area contributed by atoms with Gasteiger partial charge in [0.2, 0.25) is 5.78 Å². The Labute approximate surface area is 173 Å². The van der Waals surface area contributed by atoms with E-state index in [1.165, 1.54) is 27.4 Å². The summed E-state index contributed by atoms with van der Waals surface area (Å²) in [6.45, 7) is 0. The van der Waals surface area contributed by atoms with E-state index < -0.39 is 11.6 Å². The van der Waals surface area contributed by atoms with E-state index >= 15 is 0 Å². The number of fused-ring (bicyclic) bond motifs is 3. The molecule has 7 heteroatoms. The molecule has 0 saturated heterocycles. The van der Waals surface area contributed by atoms with Gasteiger partial charge in [-0.2, -0.15) is 0 Å². The summed E-state index contributed by atoms with van der Waals surface area (Å²) in [6, 6.07) is 7.82. The summed E-state index contributed by atoms with van der Waals surface area (Å²) in [4.78, 5) is 25.9. The molecule has 0 N–H and O–H groups in total. The second kappa shape index (κ2) is 6.52. The fourth-order valence-corrected chi connectivity index (χ4v) is 4.48. The molecule has 2 aliphatic heterocycles. The molecule has 0 fully saturated rings. The quantitative estimate of drug-likeness (QED) is 0.771. The maximum atomic E-state index is 13.0. The first-order valence-corrected chi connectivity index (χ1v) is 9.63. The minimum atomic E-state index is -0.954. The van der Waals surface area contributed by atoms with Crippen LogP contribution in [-0.4, -0.2) is 38.7 Å². The summed E-state index contributed by atoms with van der Waals surface area (Å²) in [7, 11) is 4.26. The van der Waals surface area contributed by atoms with Gasteiger partial charge in [-0.25, -0.2) is 0 Å². The third-order valence-electron chi connectivity index (χ3n) is 5.82. The number of rotatable bonds is 3. The van der Waals surface area contributed by atoms with Gasteiger partial charge in [0.1, 0.15) is 11.5 Å². The Hall–Kier alpha value is -3.48. The third kappa shape index (κ3) is 2.44. The summed E-state index contributed by atoms with van der Waals surface area (Å²) in [5.41, 5.74) is 2.02. The number of aryl methyl sites for hydroxylation is 1. The molecule has 1 atom stereocenters. The second-order valence-corrected chi connectivity index (χ2v) is 7.43. The van der Waals surface area contributed by atoms with Crippen molar-refractivity contribution in [2.24, 2.45) is 0 Å². The molecule has 3 aliphatic rings. The Kier molecular flexibility index (Phi) is 4.03. The molecule has 30 heavy (non-hydrogen) atoms. The van der Waals surface area contributed by atoms with Gasteiger partial charge in [0.15, 0.2) is 23.0 Å². The maximum absolute atomic E-state index is 13.0. The molecule has 2 aromatic rings. The van der Waals surface area contributed by atoms with Gasteiger partial charge in [-0.3, -0.25) is 9.59 Å². The van der Waals surface area contributed by atoms with Crippen molar-refractivity contribution in [3.8, 4) is 23.0 Å². The third-order valence-corrected chi connectivity index (χ3v) is 5.82. The highest BCUT2D eigenvalue weighted by Gasteiger charge is 2.50. The molecule has 5 rings (SSSR count). The summed E-state index contributed by atoms with van der Waals surface area (Å²) < 4.78 is 28.9. The molecule has 0 saturated carbocycles. The van der Waals surface area contributed by atoms with Crippen LogP contribution in [0.1, 0.15) is 38.3 Å². The minimum Gasteiger partial charge on any atom is -0.496 e. The number of ether oxygens (including phenoxy) is 5. The molecule has 2 heterocycles. The van der Waals surface area contributed by atoms with Crippen molar-refractivity contribution in [3.63, 3.8) is 0 Å². The number of benzene rings is 2. The fraction of sp³-hybridized carbons (Fsp3) is 0.304. The van der Waals surface area contributed by atoms with E-state index in [1.807, 2.05) is 24.3 Å². The van der Waals surface area contributed by atoms with Crippen molar-refractivity contribution >= 4 is 11.6 Å². The summed E-state index contributed by atoms with van der Waals surface area (Å²) >= 11 is 0. The Bertz CT molecular complexity index is 1130. The average molecular weight is 408 g/mol. The molecule has 2 aromatic carbocycles. The first kappa shape index (κ1) is 18.5. The zero-order valence-corrected chi connectivity index (χ0v) is 16.9. The Morgan fingerprint density at radius 2 is 1.70 bits per heavy atom. The van der Waals surface area contributed by atoms with Crippen LogP contribution in [-0.2, 0) is 17.6 Å². The highest BCUT2D eigenvalue weighted by molar-refractivity contribution is 6.26. The van der Waals surface area contributed by atoms with Crippen molar-refractivity contribution in [1.82, 2.24) is 0 Å². The van der Waals surface area contributed by atoms with Crippen molar-refractivity contribution in [1.29, 1.82) is 0 Å². The van der Waals surface area contributed by atoms with E-state index in [-0.39, 0.29) is 28.4 Å². The number of methoxy groups -OCH3 is 3. The number of carbonyl (C=O) groups excluding carboxylic acids is 2. The van der Waals surface area contributed by atoms with Gasteiger partial charge >= 0.3 is 0 Å². The first-order valence-electron chi connectivity index (χ1n) is 9.63. The zero-order valence-electron chi connectivity index (χ0n) is 16.9. The van der Waals surface area contributed by atoms with Crippen LogP contribution in [0.2, 0.25) is 0 Å². The molecular weight excluding hydrogens is 388 g/mol. The molecule has 154 valence electrons. The summed E-state index contributed by atoms with van der Waals surface area (Å²) in [6.07, 6.45) is 2.94. The number of para-hydroxylation sites is 1. The molecular formula is C23H20O7. The minimum absolute atomic E-state index is 0.0524. The lowest BCUT2D eigenvalue weighted by atomic mass is 9.87. The van der Waals surface area contributed by atoms with Crippen LogP contribution in [0, 0.1) is 0 Å². The molecule has 1 aliphatic carbocycles. The number of hydrogen-bond acceptors (Lipinski definition) is 7. The number of hydrogen-bond donors (Lipinski definition) is 0. The Balaban J connectivity index is 1.68. The number of allylic oxidation sites excluding steroid dienone is 2.